The normalized spacial score (nSPS) is 18.0. The summed E-state index contributed by atoms with van der Waals surface area (Å²) in [5.74, 6) is -0.402. The lowest BCUT2D eigenvalue weighted by Crippen LogP contribution is -2.31. The monoisotopic (exact) mass is 463 g/mol. The van der Waals surface area contributed by atoms with Crippen LogP contribution in [0.25, 0.3) is 0 Å². The molecule has 0 saturated carbocycles. The Hall–Kier alpha value is -3.01. The molecule has 0 bridgehead atoms. The van der Waals surface area contributed by atoms with Crippen LogP contribution in [0.2, 0.25) is 5.02 Å². The lowest BCUT2D eigenvalue weighted by Gasteiger charge is -2.33. The van der Waals surface area contributed by atoms with Crippen molar-refractivity contribution in [2.75, 3.05) is 11.1 Å². The molecule has 7 heteroatoms. The zero-order valence-electron chi connectivity index (χ0n) is 17.6. The molecule has 1 unspecified atom stereocenters. The molecule has 1 aliphatic carbocycles. The number of aryl methyl sites for hydroxylation is 1. The topological polar surface area (TPSA) is 82.0 Å². The summed E-state index contributed by atoms with van der Waals surface area (Å²) in [5, 5.41) is 17.5. The summed E-state index contributed by atoms with van der Waals surface area (Å²) in [6, 6.07) is 17.1. The minimum atomic E-state index is -0.455. The van der Waals surface area contributed by atoms with Gasteiger partial charge in [-0.2, -0.15) is 5.26 Å². The number of halogens is 1. The third kappa shape index (κ3) is 4.59. The molecule has 0 spiro atoms. The number of thioether (sulfide) groups is 1. The number of rotatable bonds is 5. The van der Waals surface area contributed by atoms with Crippen LogP contribution >= 0.6 is 23.4 Å². The van der Waals surface area contributed by atoms with Crippen LogP contribution in [-0.2, 0) is 9.59 Å². The summed E-state index contributed by atoms with van der Waals surface area (Å²) in [7, 11) is 0. The number of nitrogens with one attached hydrogen (secondary N) is 2. The van der Waals surface area contributed by atoms with E-state index in [0.29, 0.717) is 27.6 Å². The molecule has 162 valence electrons. The van der Waals surface area contributed by atoms with E-state index in [2.05, 4.69) is 16.7 Å². The Kier molecular flexibility index (Phi) is 6.69. The van der Waals surface area contributed by atoms with E-state index in [0.717, 1.165) is 35.4 Å². The molecule has 1 aliphatic heterocycles. The number of hydrogen-bond donors (Lipinski definition) is 2. The average Bonchev–Trinajstić information content (AvgIpc) is 2.79. The first-order valence-corrected chi connectivity index (χ1v) is 11.8. The van der Waals surface area contributed by atoms with Gasteiger partial charge >= 0.3 is 0 Å². The second-order valence-corrected chi connectivity index (χ2v) is 9.21. The van der Waals surface area contributed by atoms with Crippen molar-refractivity contribution < 1.29 is 9.59 Å². The van der Waals surface area contributed by atoms with Crippen molar-refractivity contribution in [3.8, 4) is 6.07 Å². The van der Waals surface area contributed by atoms with Crippen LogP contribution in [-0.4, -0.2) is 17.4 Å². The lowest BCUT2D eigenvalue weighted by molar-refractivity contribution is -0.116. The summed E-state index contributed by atoms with van der Waals surface area (Å²) >= 11 is 7.35. The van der Waals surface area contributed by atoms with Crippen molar-refractivity contribution in [2.45, 2.75) is 32.1 Å². The Morgan fingerprint density at radius 2 is 1.97 bits per heavy atom. The van der Waals surface area contributed by atoms with E-state index in [-0.39, 0.29) is 17.4 Å². The molecule has 0 saturated heterocycles. The zero-order chi connectivity index (χ0) is 22.7. The molecule has 0 fully saturated rings. The molecule has 2 N–H and O–H groups in total. The van der Waals surface area contributed by atoms with Gasteiger partial charge in [-0.25, -0.2) is 0 Å². The van der Waals surface area contributed by atoms with Gasteiger partial charge in [0.25, 0.3) is 0 Å². The molecule has 2 aliphatic rings. The number of nitriles is 1. The maximum Gasteiger partial charge on any atom is 0.234 e. The Bertz CT molecular complexity index is 1180. The SMILES string of the molecule is Cc1ccccc1NC(=O)CSC1=C(C#N)C(c2ccc(Cl)cc2)C2=C(CCCC2=O)N1. The van der Waals surface area contributed by atoms with Crippen molar-refractivity contribution >= 4 is 40.7 Å². The standard InChI is InChI=1S/C25H22ClN3O2S/c1-15-5-2-3-6-19(15)28-22(31)14-32-25-18(13-27)23(16-9-11-17(26)12-10-16)24-20(29-25)7-4-8-21(24)30/h2-3,5-6,9-12,23,29H,4,7-8,14H2,1H3,(H,28,31). The van der Waals surface area contributed by atoms with Gasteiger partial charge in [0.1, 0.15) is 0 Å². The van der Waals surface area contributed by atoms with Crippen molar-refractivity contribution in [2.24, 2.45) is 0 Å². The lowest BCUT2D eigenvalue weighted by atomic mass is 9.77. The highest BCUT2D eigenvalue weighted by Crippen LogP contribution is 2.44. The number of hydrogen-bond acceptors (Lipinski definition) is 5. The van der Waals surface area contributed by atoms with Gasteiger partial charge in [0.2, 0.25) is 5.91 Å². The highest BCUT2D eigenvalue weighted by atomic mass is 35.5. The van der Waals surface area contributed by atoms with E-state index in [9.17, 15) is 14.9 Å². The molecule has 1 atom stereocenters. The van der Waals surface area contributed by atoms with Gasteiger partial charge in [0, 0.05) is 28.4 Å². The quantitative estimate of drug-likeness (QED) is 0.616. The molecular formula is C25H22ClN3O2S. The van der Waals surface area contributed by atoms with Crippen LogP contribution in [0.5, 0.6) is 0 Å². The maximum absolute atomic E-state index is 12.8. The predicted molar refractivity (Wildman–Crippen MR) is 128 cm³/mol. The summed E-state index contributed by atoms with van der Waals surface area (Å²) in [6.07, 6.45) is 1.99. The molecule has 4 rings (SSSR count). The van der Waals surface area contributed by atoms with Crippen LogP contribution < -0.4 is 10.6 Å². The summed E-state index contributed by atoms with van der Waals surface area (Å²) < 4.78 is 0. The number of Topliss-reactive ketones (excluding diaryl/α,β-unsaturated/α-hetero) is 1. The molecule has 32 heavy (non-hydrogen) atoms. The predicted octanol–water partition coefficient (Wildman–Crippen LogP) is 5.45. The fourth-order valence-electron chi connectivity index (χ4n) is 4.06. The van der Waals surface area contributed by atoms with Gasteiger partial charge < -0.3 is 10.6 Å². The molecule has 0 aromatic heterocycles. The summed E-state index contributed by atoms with van der Waals surface area (Å²) in [4.78, 5) is 25.4. The number of anilines is 1. The number of dihydropyridines is 1. The maximum atomic E-state index is 12.8. The van der Waals surface area contributed by atoms with Gasteiger partial charge in [0.05, 0.1) is 28.3 Å². The third-order valence-corrected chi connectivity index (χ3v) is 6.90. The van der Waals surface area contributed by atoms with Crippen LogP contribution in [0.4, 0.5) is 5.69 Å². The van der Waals surface area contributed by atoms with Crippen LogP contribution in [0, 0.1) is 18.3 Å². The fraction of sp³-hybridized carbons (Fsp3) is 0.240. The van der Waals surface area contributed by atoms with Gasteiger partial charge in [-0.15, -0.1) is 0 Å². The molecular weight excluding hydrogens is 442 g/mol. The van der Waals surface area contributed by atoms with Crippen molar-refractivity contribution in [1.29, 1.82) is 5.26 Å². The Balaban J connectivity index is 1.62. The smallest absolute Gasteiger partial charge is 0.234 e. The highest BCUT2D eigenvalue weighted by Gasteiger charge is 2.37. The molecule has 5 nitrogen and oxygen atoms in total. The van der Waals surface area contributed by atoms with Gasteiger partial charge in [0.15, 0.2) is 5.78 Å². The number of nitrogens with zero attached hydrogens (tertiary/aromatic N) is 1. The van der Waals surface area contributed by atoms with Crippen LogP contribution in [0.3, 0.4) is 0 Å². The first-order valence-electron chi connectivity index (χ1n) is 10.4. The molecule has 1 amide bonds. The largest absolute Gasteiger partial charge is 0.352 e. The molecule has 1 heterocycles. The van der Waals surface area contributed by atoms with Crippen LogP contribution in [0.15, 0.2) is 70.4 Å². The first kappa shape index (κ1) is 22.2. The van der Waals surface area contributed by atoms with Gasteiger partial charge in [-0.3, -0.25) is 9.59 Å². The van der Waals surface area contributed by atoms with E-state index in [4.69, 9.17) is 11.6 Å². The fourth-order valence-corrected chi connectivity index (χ4v) is 5.05. The number of carbonyl (C=O) groups excluding carboxylic acids is 2. The zero-order valence-corrected chi connectivity index (χ0v) is 19.1. The van der Waals surface area contributed by atoms with E-state index < -0.39 is 5.92 Å². The Labute approximate surface area is 196 Å². The molecule has 2 aromatic rings. The Morgan fingerprint density at radius 3 is 2.69 bits per heavy atom. The van der Waals surface area contributed by atoms with Gasteiger partial charge in [-0.05, 0) is 49.1 Å². The highest BCUT2D eigenvalue weighted by molar-refractivity contribution is 8.03. The number of para-hydroxylation sites is 1. The molecule has 2 aromatic carbocycles. The van der Waals surface area contributed by atoms with Crippen molar-refractivity contribution in [1.82, 2.24) is 5.32 Å². The summed E-state index contributed by atoms with van der Waals surface area (Å²) in [5.41, 5.74) is 4.56. The second-order valence-electron chi connectivity index (χ2n) is 7.78. The van der Waals surface area contributed by atoms with E-state index in [1.165, 1.54) is 11.8 Å². The van der Waals surface area contributed by atoms with Crippen molar-refractivity contribution in [3.63, 3.8) is 0 Å². The van der Waals surface area contributed by atoms with E-state index in [1.807, 2.05) is 43.3 Å². The van der Waals surface area contributed by atoms with E-state index >= 15 is 0 Å². The van der Waals surface area contributed by atoms with E-state index in [1.54, 1.807) is 12.1 Å². The molecule has 0 radical (unpaired) electrons. The first-order chi connectivity index (χ1) is 15.5. The number of benzene rings is 2. The number of allylic oxidation sites excluding steroid dienone is 3. The second kappa shape index (κ2) is 9.64. The third-order valence-electron chi connectivity index (χ3n) is 5.63. The average molecular weight is 464 g/mol. The minimum absolute atomic E-state index is 0.0628. The minimum Gasteiger partial charge on any atom is -0.352 e. The number of carbonyl (C=O) groups is 2. The van der Waals surface area contributed by atoms with Crippen molar-refractivity contribution in [3.05, 3.63) is 86.6 Å². The summed E-state index contributed by atoms with van der Waals surface area (Å²) in [6.45, 7) is 1.94. The number of amides is 1. The number of ketones is 1. The Morgan fingerprint density at radius 1 is 1.22 bits per heavy atom. The van der Waals surface area contributed by atoms with Gasteiger partial charge in [-0.1, -0.05) is 53.7 Å². The van der Waals surface area contributed by atoms with Crippen LogP contribution in [0.1, 0.15) is 36.3 Å².